The van der Waals surface area contributed by atoms with E-state index in [4.69, 9.17) is 5.11 Å². The van der Waals surface area contributed by atoms with Gasteiger partial charge in [-0.15, -0.1) is 0 Å². The van der Waals surface area contributed by atoms with Gasteiger partial charge in [0, 0.05) is 10.1 Å². The quantitative estimate of drug-likeness (QED) is 0.788. The van der Waals surface area contributed by atoms with Gasteiger partial charge in [-0.2, -0.15) is 0 Å². The van der Waals surface area contributed by atoms with Crippen LogP contribution in [-0.2, 0) is 4.79 Å². The number of amides is 1. The first-order chi connectivity index (χ1) is 9.41. The Morgan fingerprint density at radius 1 is 1.30 bits per heavy atom. The standard InChI is InChI=1S/C13H11NO5S/c1-6(12(17)18)14-11(16)9-10(15)7-4-2-3-5-8(7)20-13(9)19/h2-6,15H,1H3,(H,14,16)(H,17,18)/t6-/m0/s1. The highest BCUT2D eigenvalue weighted by molar-refractivity contribution is 7.16. The molecule has 0 unspecified atom stereocenters. The third-order valence-corrected chi connectivity index (χ3v) is 3.70. The van der Waals surface area contributed by atoms with Gasteiger partial charge in [0.25, 0.3) is 5.91 Å². The number of carbonyl (C=O) groups is 2. The maximum atomic E-state index is 11.9. The largest absolute Gasteiger partial charge is 0.506 e. The Bertz CT molecular complexity index is 752. The number of hydrogen-bond donors (Lipinski definition) is 3. The van der Waals surface area contributed by atoms with Crippen molar-refractivity contribution >= 4 is 33.3 Å². The lowest BCUT2D eigenvalue weighted by molar-refractivity contribution is -0.138. The highest BCUT2D eigenvalue weighted by atomic mass is 32.1. The molecule has 0 saturated carbocycles. The predicted molar refractivity (Wildman–Crippen MR) is 74.3 cm³/mol. The number of rotatable bonds is 3. The second-order valence-electron chi connectivity index (χ2n) is 4.14. The fraction of sp³-hybridized carbons (Fsp3) is 0.154. The average molecular weight is 293 g/mol. The molecule has 3 N–H and O–H groups in total. The Morgan fingerprint density at radius 2 is 1.95 bits per heavy atom. The molecule has 2 rings (SSSR count). The molecule has 7 heteroatoms. The lowest BCUT2D eigenvalue weighted by atomic mass is 10.1. The third-order valence-electron chi connectivity index (χ3n) is 2.73. The van der Waals surface area contributed by atoms with E-state index >= 15 is 0 Å². The van der Waals surface area contributed by atoms with Gasteiger partial charge < -0.3 is 15.5 Å². The Balaban J connectivity index is 2.52. The van der Waals surface area contributed by atoms with Crippen molar-refractivity contribution in [1.82, 2.24) is 5.32 Å². The molecule has 0 saturated heterocycles. The molecule has 0 aliphatic rings. The molecule has 0 fully saturated rings. The second-order valence-corrected chi connectivity index (χ2v) is 5.16. The van der Waals surface area contributed by atoms with Crippen molar-refractivity contribution in [2.75, 3.05) is 0 Å². The Hall–Kier alpha value is -2.41. The van der Waals surface area contributed by atoms with Crippen molar-refractivity contribution in [3.8, 4) is 5.75 Å². The van der Waals surface area contributed by atoms with E-state index in [9.17, 15) is 19.5 Å². The first-order valence-electron chi connectivity index (χ1n) is 5.70. The number of carboxylic acid groups (broad SMARTS) is 1. The summed E-state index contributed by atoms with van der Waals surface area (Å²) in [6.07, 6.45) is 0. The van der Waals surface area contributed by atoms with Crippen LogP contribution in [0.25, 0.3) is 10.1 Å². The number of benzene rings is 1. The zero-order chi connectivity index (χ0) is 14.9. The van der Waals surface area contributed by atoms with Crippen LogP contribution in [0.5, 0.6) is 5.75 Å². The van der Waals surface area contributed by atoms with E-state index in [0.717, 1.165) is 11.3 Å². The zero-order valence-corrected chi connectivity index (χ0v) is 11.2. The molecular formula is C13H11NO5S. The lowest BCUT2D eigenvalue weighted by Gasteiger charge is -2.10. The molecule has 1 amide bonds. The van der Waals surface area contributed by atoms with E-state index in [1.807, 2.05) is 0 Å². The number of hydrogen-bond acceptors (Lipinski definition) is 5. The van der Waals surface area contributed by atoms with Crippen LogP contribution in [-0.4, -0.2) is 28.1 Å². The molecule has 1 heterocycles. The zero-order valence-electron chi connectivity index (χ0n) is 10.4. The Morgan fingerprint density at radius 3 is 2.60 bits per heavy atom. The smallest absolute Gasteiger partial charge is 0.325 e. The van der Waals surface area contributed by atoms with Gasteiger partial charge in [0.15, 0.2) is 0 Å². The van der Waals surface area contributed by atoms with Crippen LogP contribution in [0.1, 0.15) is 17.3 Å². The summed E-state index contributed by atoms with van der Waals surface area (Å²) in [5.74, 6) is -2.56. The molecule has 104 valence electrons. The molecular weight excluding hydrogens is 282 g/mol. The average Bonchev–Trinajstić information content (AvgIpc) is 2.38. The molecule has 0 aliphatic carbocycles. The minimum atomic E-state index is -1.23. The van der Waals surface area contributed by atoms with E-state index in [0.29, 0.717) is 10.1 Å². The minimum Gasteiger partial charge on any atom is -0.506 e. The van der Waals surface area contributed by atoms with E-state index in [1.54, 1.807) is 24.3 Å². The normalized spacial score (nSPS) is 12.1. The topological polar surface area (TPSA) is 104 Å². The fourth-order valence-electron chi connectivity index (χ4n) is 1.66. The molecule has 1 atom stereocenters. The number of fused-ring (bicyclic) bond motifs is 1. The SMILES string of the molecule is C[C@H](NC(=O)c1c(O)c2ccccc2sc1=O)C(=O)O. The predicted octanol–water partition coefficient (Wildman–Crippen LogP) is 1.17. The van der Waals surface area contributed by atoms with Crippen LogP contribution in [0.2, 0.25) is 0 Å². The Kier molecular flexibility index (Phi) is 3.71. The molecule has 20 heavy (non-hydrogen) atoms. The monoisotopic (exact) mass is 293 g/mol. The van der Waals surface area contributed by atoms with E-state index in [-0.39, 0.29) is 0 Å². The molecule has 1 aromatic carbocycles. The van der Waals surface area contributed by atoms with Gasteiger partial charge in [-0.25, -0.2) is 0 Å². The van der Waals surface area contributed by atoms with Crippen molar-refractivity contribution in [3.05, 3.63) is 39.4 Å². The van der Waals surface area contributed by atoms with Crippen LogP contribution < -0.4 is 10.1 Å². The molecule has 0 spiro atoms. The van der Waals surface area contributed by atoms with E-state index < -0.39 is 34.0 Å². The number of aromatic hydroxyl groups is 1. The van der Waals surface area contributed by atoms with Crippen molar-refractivity contribution in [2.45, 2.75) is 13.0 Å². The summed E-state index contributed by atoms with van der Waals surface area (Å²) in [7, 11) is 0. The van der Waals surface area contributed by atoms with Crippen LogP contribution >= 0.6 is 11.3 Å². The lowest BCUT2D eigenvalue weighted by Crippen LogP contribution is -2.39. The van der Waals surface area contributed by atoms with Gasteiger partial charge >= 0.3 is 5.97 Å². The molecule has 2 aromatic rings. The van der Waals surface area contributed by atoms with Gasteiger partial charge in [0.1, 0.15) is 17.4 Å². The fourth-order valence-corrected chi connectivity index (χ4v) is 2.58. The number of carboxylic acids is 1. The highest BCUT2D eigenvalue weighted by Crippen LogP contribution is 2.28. The summed E-state index contributed by atoms with van der Waals surface area (Å²) < 4.78 is -0.0610. The molecule has 6 nitrogen and oxygen atoms in total. The third kappa shape index (κ3) is 2.48. The van der Waals surface area contributed by atoms with Gasteiger partial charge in [-0.1, -0.05) is 23.5 Å². The summed E-state index contributed by atoms with van der Waals surface area (Å²) in [4.78, 5) is 34.5. The van der Waals surface area contributed by atoms with Crippen molar-refractivity contribution < 1.29 is 19.8 Å². The Labute approximate surface area is 117 Å². The summed E-state index contributed by atoms with van der Waals surface area (Å²) in [5, 5.41) is 21.3. The van der Waals surface area contributed by atoms with E-state index in [2.05, 4.69) is 5.32 Å². The summed E-state index contributed by atoms with van der Waals surface area (Å²) >= 11 is 0.822. The van der Waals surface area contributed by atoms with E-state index in [1.165, 1.54) is 6.92 Å². The van der Waals surface area contributed by atoms with Crippen LogP contribution in [0.3, 0.4) is 0 Å². The van der Waals surface area contributed by atoms with Gasteiger partial charge in [0.2, 0.25) is 4.74 Å². The molecule has 0 bridgehead atoms. The first kappa shape index (κ1) is 14.0. The summed E-state index contributed by atoms with van der Waals surface area (Å²) in [6.45, 7) is 1.27. The van der Waals surface area contributed by atoms with Crippen molar-refractivity contribution in [1.29, 1.82) is 0 Å². The maximum Gasteiger partial charge on any atom is 0.325 e. The maximum absolute atomic E-state index is 11.9. The number of carbonyl (C=O) groups excluding carboxylic acids is 1. The molecule has 0 aliphatic heterocycles. The van der Waals surface area contributed by atoms with Crippen molar-refractivity contribution in [2.24, 2.45) is 0 Å². The van der Waals surface area contributed by atoms with Gasteiger partial charge in [-0.3, -0.25) is 14.4 Å². The van der Waals surface area contributed by atoms with Gasteiger partial charge in [0.05, 0.1) is 0 Å². The van der Waals surface area contributed by atoms with Crippen LogP contribution in [0.15, 0.2) is 29.1 Å². The van der Waals surface area contributed by atoms with Crippen molar-refractivity contribution in [3.63, 3.8) is 0 Å². The molecule has 1 aromatic heterocycles. The van der Waals surface area contributed by atoms with Gasteiger partial charge in [-0.05, 0) is 19.1 Å². The minimum absolute atomic E-state index is 0.380. The summed E-state index contributed by atoms with van der Waals surface area (Å²) in [6, 6.07) is 5.46. The number of nitrogens with one attached hydrogen (secondary N) is 1. The highest BCUT2D eigenvalue weighted by Gasteiger charge is 2.22. The van der Waals surface area contributed by atoms with Crippen LogP contribution in [0, 0.1) is 0 Å². The van der Waals surface area contributed by atoms with Crippen LogP contribution in [0.4, 0.5) is 0 Å². The first-order valence-corrected chi connectivity index (χ1v) is 6.52. The molecule has 0 radical (unpaired) electrons. The number of aliphatic carboxylic acids is 1. The summed E-state index contributed by atoms with van der Waals surface area (Å²) in [5.41, 5.74) is -0.429. The second kappa shape index (κ2) is 5.30.